The predicted molar refractivity (Wildman–Crippen MR) is 138 cm³/mol. The van der Waals surface area contributed by atoms with Crippen molar-refractivity contribution < 1.29 is 19.1 Å². The van der Waals surface area contributed by atoms with Gasteiger partial charge in [-0.15, -0.1) is 0 Å². The lowest BCUT2D eigenvalue weighted by Gasteiger charge is -2.39. The number of rotatable bonds is 6. The number of nitrogens with zero attached hydrogens (tertiary/aromatic N) is 1. The predicted octanol–water partition coefficient (Wildman–Crippen LogP) is 4.17. The van der Waals surface area contributed by atoms with Crippen molar-refractivity contribution in [1.29, 1.82) is 0 Å². The van der Waals surface area contributed by atoms with E-state index in [1.54, 1.807) is 29.2 Å². The molecule has 3 aliphatic heterocycles. The van der Waals surface area contributed by atoms with Crippen LogP contribution in [0.25, 0.3) is 0 Å². The molecule has 8 heteroatoms. The first-order chi connectivity index (χ1) is 17.2. The van der Waals surface area contributed by atoms with Gasteiger partial charge >= 0.3 is 0 Å². The summed E-state index contributed by atoms with van der Waals surface area (Å²) >= 11 is 6.09. The molecule has 3 amide bonds. The van der Waals surface area contributed by atoms with Crippen molar-refractivity contribution in [3.63, 3.8) is 0 Å². The number of halogens is 1. The van der Waals surface area contributed by atoms with E-state index in [2.05, 4.69) is 24.5 Å². The van der Waals surface area contributed by atoms with E-state index >= 15 is 0 Å². The van der Waals surface area contributed by atoms with E-state index in [4.69, 9.17) is 16.3 Å². The number of benzene rings is 1. The zero-order valence-corrected chi connectivity index (χ0v) is 22.1. The summed E-state index contributed by atoms with van der Waals surface area (Å²) in [4.78, 5) is 43.0. The largest absolute Gasteiger partial charge is 0.359 e. The first kappa shape index (κ1) is 25.3. The third-order valence-electron chi connectivity index (χ3n) is 9.06. The number of fused-ring (bicyclic) bond motifs is 1. The van der Waals surface area contributed by atoms with Gasteiger partial charge in [-0.25, -0.2) is 0 Å². The zero-order valence-electron chi connectivity index (χ0n) is 21.4. The van der Waals surface area contributed by atoms with Gasteiger partial charge in [0.15, 0.2) is 0 Å². The topological polar surface area (TPSA) is 87.7 Å². The van der Waals surface area contributed by atoms with Crippen molar-refractivity contribution >= 4 is 35.0 Å². The molecule has 3 fully saturated rings. The van der Waals surface area contributed by atoms with Crippen LogP contribution in [-0.2, 0) is 19.1 Å². The van der Waals surface area contributed by atoms with Crippen molar-refractivity contribution in [2.24, 2.45) is 23.7 Å². The number of likely N-dealkylation sites (tertiary alicyclic amines) is 1. The lowest BCUT2D eigenvalue weighted by molar-refractivity contribution is -0.144. The molecule has 5 rings (SSSR count). The van der Waals surface area contributed by atoms with Crippen molar-refractivity contribution in [3.05, 3.63) is 41.4 Å². The minimum Gasteiger partial charge on any atom is -0.359 e. The van der Waals surface area contributed by atoms with E-state index in [1.807, 2.05) is 26.0 Å². The van der Waals surface area contributed by atoms with E-state index < -0.39 is 29.6 Å². The van der Waals surface area contributed by atoms with Crippen LogP contribution in [0.5, 0.6) is 0 Å². The van der Waals surface area contributed by atoms with E-state index in [9.17, 15) is 14.4 Å². The molecule has 2 N–H and O–H groups in total. The van der Waals surface area contributed by atoms with Crippen LogP contribution in [0.4, 0.5) is 5.69 Å². The zero-order chi connectivity index (χ0) is 25.8. The van der Waals surface area contributed by atoms with Gasteiger partial charge in [-0.05, 0) is 49.8 Å². The third kappa shape index (κ3) is 3.95. The van der Waals surface area contributed by atoms with Gasteiger partial charge in [0, 0.05) is 22.8 Å². The molecule has 1 aromatic rings. The Morgan fingerprint density at radius 2 is 2.03 bits per heavy atom. The van der Waals surface area contributed by atoms with Gasteiger partial charge in [0.05, 0.1) is 17.9 Å². The van der Waals surface area contributed by atoms with Crippen LogP contribution >= 0.6 is 11.6 Å². The first-order valence-corrected chi connectivity index (χ1v) is 13.6. The third-order valence-corrected chi connectivity index (χ3v) is 9.29. The molecule has 1 aromatic carbocycles. The van der Waals surface area contributed by atoms with Gasteiger partial charge in [-0.2, -0.15) is 0 Å². The summed E-state index contributed by atoms with van der Waals surface area (Å²) in [5.74, 6) is -1.25. The second kappa shape index (κ2) is 9.49. The molecule has 2 saturated heterocycles. The molecular formula is C28H36ClN3O4. The smallest absolute Gasteiger partial charge is 0.246 e. The normalized spacial score (nSPS) is 37.6. The Kier molecular flexibility index (Phi) is 6.66. The van der Waals surface area contributed by atoms with Crippen LogP contribution in [0.1, 0.15) is 53.4 Å². The molecule has 9 atom stereocenters. The second-order valence-electron chi connectivity index (χ2n) is 11.1. The number of hydrogen-bond acceptors (Lipinski definition) is 4. The Morgan fingerprint density at radius 1 is 1.25 bits per heavy atom. The fourth-order valence-corrected chi connectivity index (χ4v) is 6.91. The van der Waals surface area contributed by atoms with Crippen molar-refractivity contribution in [2.45, 2.75) is 83.2 Å². The fourth-order valence-electron chi connectivity index (χ4n) is 6.72. The number of anilines is 1. The van der Waals surface area contributed by atoms with Crippen LogP contribution in [0.2, 0.25) is 5.02 Å². The minimum atomic E-state index is -1.14. The summed E-state index contributed by atoms with van der Waals surface area (Å²) < 4.78 is 6.42. The summed E-state index contributed by atoms with van der Waals surface area (Å²) in [5.41, 5.74) is -0.581. The van der Waals surface area contributed by atoms with Gasteiger partial charge in [0.2, 0.25) is 17.7 Å². The highest BCUT2D eigenvalue weighted by atomic mass is 35.5. The Balaban J connectivity index is 1.45. The van der Waals surface area contributed by atoms with Gasteiger partial charge in [-0.3, -0.25) is 14.4 Å². The molecule has 3 heterocycles. The molecule has 0 unspecified atom stereocenters. The average Bonchev–Trinajstić information content (AvgIpc) is 3.49. The summed E-state index contributed by atoms with van der Waals surface area (Å²) in [6, 6.07) is 6.02. The minimum absolute atomic E-state index is 0.0649. The molecule has 1 spiro atoms. The number of carbonyl (C=O) groups excluding carboxylic acids is 3. The SMILES string of the molecule is CC[C@H](C)N1C(=O)[C@H]2[C@H](C(=O)Nc3cccc(Cl)c3)[C@H]3C=C[C@@]2(O3)[C@@H]1C(=O)N[C@@H]1CCC[C@@H](C)[C@@H]1C. The molecular weight excluding hydrogens is 478 g/mol. The molecule has 1 aliphatic carbocycles. The highest BCUT2D eigenvalue weighted by Crippen LogP contribution is 2.56. The van der Waals surface area contributed by atoms with Gasteiger partial charge in [-0.1, -0.05) is 63.4 Å². The molecule has 7 nitrogen and oxygen atoms in total. The van der Waals surface area contributed by atoms with Crippen LogP contribution in [0, 0.1) is 23.7 Å². The van der Waals surface area contributed by atoms with Crippen molar-refractivity contribution in [2.75, 3.05) is 5.32 Å². The summed E-state index contributed by atoms with van der Waals surface area (Å²) in [7, 11) is 0. The van der Waals surface area contributed by atoms with Crippen LogP contribution in [0.15, 0.2) is 36.4 Å². The lowest BCUT2D eigenvalue weighted by atomic mass is 9.73. The van der Waals surface area contributed by atoms with E-state index in [1.165, 1.54) is 0 Å². The second-order valence-corrected chi connectivity index (χ2v) is 11.5. The number of amides is 3. The standard InChI is InChI=1S/C28H36ClN3O4/c1-5-16(3)32-24(26(34)31-20-11-6-8-15(2)17(20)4)28-13-12-21(36-28)22(23(28)27(32)35)25(33)30-19-10-7-9-18(29)14-19/h7,9-10,12-17,20-24H,5-6,8,11H2,1-4H3,(H,30,33)(H,31,34)/t15-,16+,17+,20-,21-,22-,23-,24+,28+/m1/s1. The molecule has 2 bridgehead atoms. The monoisotopic (exact) mass is 513 g/mol. The first-order valence-electron chi connectivity index (χ1n) is 13.2. The Morgan fingerprint density at radius 3 is 2.75 bits per heavy atom. The molecule has 194 valence electrons. The Bertz CT molecular complexity index is 1090. The van der Waals surface area contributed by atoms with Crippen LogP contribution in [0.3, 0.4) is 0 Å². The Labute approximate surface area is 218 Å². The lowest BCUT2D eigenvalue weighted by Crippen LogP contribution is -2.59. The van der Waals surface area contributed by atoms with Gasteiger partial charge < -0.3 is 20.3 Å². The molecule has 0 aromatic heterocycles. The molecule has 4 aliphatic rings. The maximum absolute atomic E-state index is 13.9. The van der Waals surface area contributed by atoms with Crippen molar-refractivity contribution in [3.8, 4) is 0 Å². The Hall–Kier alpha value is -2.38. The van der Waals surface area contributed by atoms with Crippen molar-refractivity contribution in [1.82, 2.24) is 10.2 Å². The van der Waals surface area contributed by atoms with E-state index in [0.717, 1.165) is 19.3 Å². The van der Waals surface area contributed by atoms with E-state index in [-0.39, 0.29) is 29.8 Å². The number of carbonyl (C=O) groups is 3. The molecule has 0 radical (unpaired) electrons. The molecule has 1 saturated carbocycles. The number of nitrogens with one attached hydrogen (secondary N) is 2. The number of ether oxygens (including phenoxy) is 1. The highest BCUT2D eigenvalue weighted by molar-refractivity contribution is 6.30. The molecule has 36 heavy (non-hydrogen) atoms. The quantitative estimate of drug-likeness (QED) is 0.559. The summed E-state index contributed by atoms with van der Waals surface area (Å²) in [5, 5.41) is 6.71. The van der Waals surface area contributed by atoms with Gasteiger partial charge in [0.1, 0.15) is 11.6 Å². The van der Waals surface area contributed by atoms with Crippen LogP contribution < -0.4 is 10.6 Å². The fraction of sp³-hybridized carbons (Fsp3) is 0.607. The summed E-state index contributed by atoms with van der Waals surface area (Å²) in [6.45, 7) is 8.38. The number of hydrogen-bond donors (Lipinski definition) is 2. The maximum atomic E-state index is 13.9. The van der Waals surface area contributed by atoms with Crippen LogP contribution in [-0.4, -0.2) is 52.5 Å². The summed E-state index contributed by atoms with van der Waals surface area (Å²) in [6.07, 6.45) is 7.02. The highest BCUT2D eigenvalue weighted by Gasteiger charge is 2.73. The average molecular weight is 514 g/mol. The van der Waals surface area contributed by atoms with Gasteiger partial charge in [0.25, 0.3) is 0 Å². The van der Waals surface area contributed by atoms with E-state index in [0.29, 0.717) is 29.0 Å². The maximum Gasteiger partial charge on any atom is 0.246 e.